The summed E-state index contributed by atoms with van der Waals surface area (Å²) in [5, 5.41) is 7.91. The van der Waals surface area contributed by atoms with E-state index in [9.17, 15) is 4.79 Å². The number of aromatic nitrogens is 2. The molecule has 6 heteroatoms. The summed E-state index contributed by atoms with van der Waals surface area (Å²) < 4.78 is 7.37. The Balaban J connectivity index is 1.69. The first-order chi connectivity index (χ1) is 11.0. The molecular formula is C17H22ClN3O2. The number of nitrogens with zero attached hydrogens (tertiary/aromatic N) is 2. The fourth-order valence-corrected chi connectivity index (χ4v) is 2.40. The molecule has 1 heterocycles. The summed E-state index contributed by atoms with van der Waals surface area (Å²) in [5.41, 5.74) is 2.81. The molecule has 0 aliphatic rings. The molecule has 2 rings (SSSR count). The van der Waals surface area contributed by atoms with Gasteiger partial charge in [-0.05, 0) is 38.8 Å². The van der Waals surface area contributed by atoms with Gasteiger partial charge in [0.05, 0.1) is 16.4 Å². The summed E-state index contributed by atoms with van der Waals surface area (Å²) >= 11 is 6.10. The van der Waals surface area contributed by atoms with Gasteiger partial charge in [0.1, 0.15) is 5.75 Å². The standard InChI is InChI=1S/C17H22ClN3O2/c1-12-7-4-5-8-15(12)23-11-16(22)19-9-6-10-21-14(3)17(18)13(2)20-21/h4-5,7-8H,6,9-11H2,1-3H3,(H,19,22). The largest absolute Gasteiger partial charge is 0.484 e. The fraction of sp³-hybridized carbons (Fsp3) is 0.412. The smallest absolute Gasteiger partial charge is 0.257 e. The Bertz CT molecular complexity index is 682. The third-order valence-corrected chi connectivity index (χ3v) is 4.16. The van der Waals surface area contributed by atoms with Crippen LogP contribution in [0.25, 0.3) is 0 Å². The number of nitrogens with one attached hydrogen (secondary N) is 1. The number of halogens is 1. The molecule has 0 saturated carbocycles. The van der Waals surface area contributed by atoms with Gasteiger partial charge in [0.25, 0.3) is 5.91 Å². The zero-order chi connectivity index (χ0) is 16.8. The SMILES string of the molecule is Cc1ccccc1OCC(=O)NCCCn1nc(C)c(Cl)c1C. The van der Waals surface area contributed by atoms with Gasteiger partial charge in [-0.25, -0.2) is 0 Å². The lowest BCUT2D eigenvalue weighted by molar-refractivity contribution is -0.123. The minimum absolute atomic E-state index is 0.0244. The van der Waals surface area contributed by atoms with Crippen molar-refractivity contribution in [1.82, 2.24) is 15.1 Å². The van der Waals surface area contributed by atoms with E-state index in [0.29, 0.717) is 11.6 Å². The Morgan fingerprint density at radius 2 is 2.04 bits per heavy atom. The van der Waals surface area contributed by atoms with E-state index in [-0.39, 0.29) is 12.5 Å². The van der Waals surface area contributed by atoms with Crippen LogP contribution in [0.1, 0.15) is 23.4 Å². The molecular weight excluding hydrogens is 314 g/mol. The quantitative estimate of drug-likeness (QED) is 0.791. The van der Waals surface area contributed by atoms with E-state index in [1.165, 1.54) is 0 Å². The van der Waals surface area contributed by atoms with E-state index in [1.54, 1.807) is 0 Å². The summed E-state index contributed by atoms with van der Waals surface area (Å²) in [5.74, 6) is 0.611. The Hall–Kier alpha value is -2.01. The molecule has 1 aromatic carbocycles. The van der Waals surface area contributed by atoms with Crippen LogP contribution in [0, 0.1) is 20.8 Å². The predicted molar refractivity (Wildman–Crippen MR) is 91.0 cm³/mol. The monoisotopic (exact) mass is 335 g/mol. The van der Waals surface area contributed by atoms with Gasteiger partial charge in [-0.2, -0.15) is 5.10 Å². The highest BCUT2D eigenvalue weighted by Gasteiger charge is 2.09. The highest BCUT2D eigenvalue weighted by molar-refractivity contribution is 6.31. The van der Waals surface area contributed by atoms with Crippen molar-refractivity contribution in [1.29, 1.82) is 0 Å². The summed E-state index contributed by atoms with van der Waals surface area (Å²) in [6.45, 7) is 7.10. The van der Waals surface area contributed by atoms with Gasteiger partial charge in [-0.15, -0.1) is 0 Å². The normalized spacial score (nSPS) is 10.6. The average molecular weight is 336 g/mol. The van der Waals surface area contributed by atoms with Crippen molar-refractivity contribution in [3.63, 3.8) is 0 Å². The number of hydrogen-bond donors (Lipinski definition) is 1. The van der Waals surface area contributed by atoms with Crippen LogP contribution in [-0.4, -0.2) is 28.8 Å². The van der Waals surface area contributed by atoms with E-state index in [2.05, 4.69) is 10.4 Å². The minimum Gasteiger partial charge on any atom is -0.484 e. The number of carbonyl (C=O) groups excluding carboxylic acids is 1. The molecule has 23 heavy (non-hydrogen) atoms. The zero-order valence-electron chi connectivity index (χ0n) is 13.7. The van der Waals surface area contributed by atoms with Crippen molar-refractivity contribution in [3.05, 3.63) is 46.2 Å². The van der Waals surface area contributed by atoms with Gasteiger partial charge < -0.3 is 10.1 Å². The second-order valence-electron chi connectivity index (χ2n) is 5.47. The first kappa shape index (κ1) is 17.3. The first-order valence-electron chi connectivity index (χ1n) is 7.63. The van der Waals surface area contributed by atoms with Gasteiger partial charge in [-0.1, -0.05) is 29.8 Å². The van der Waals surface area contributed by atoms with Gasteiger partial charge in [0.15, 0.2) is 6.61 Å². The molecule has 0 radical (unpaired) electrons. The molecule has 1 aromatic heterocycles. The lowest BCUT2D eigenvalue weighted by atomic mass is 10.2. The molecule has 1 amide bonds. The third kappa shape index (κ3) is 4.73. The van der Waals surface area contributed by atoms with Gasteiger partial charge in [-0.3, -0.25) is 9.48 Å². The van der Waals surface area contributed by atoms with Crippen LogP contribution in [0.2, 0.25) is 5.02 Å². The Morgan fingerprint density at radius 1 is 1.30 bits per heavy atom. The Morgan fingerprint density at radius 3 is 2.70 bits per heavy atom. The van der Waals surface area contributed by atoms with Crippen LogP contribution in [0.15, 0.2) is 24.3 Å². The van der Waals surface area contributed by atoms with Crippen molar-refractivity contribution in [2.24, 2.45) is 0 Å². The van der Waals surface area contributed by atoms with Crippen LogP contribution in [0.5, 0.6) is 5.75 Å². The van der Waals surface area contributed by atoms with Crippen LogP contribution in [-0.2, 0) is 11.3 Å². The molecule has 0 saturated heterocycles. The number of aryl methyl sites for hydroxylation is 3. The van der Waals surface area contributed by atoms with Crippen molar-refractivity contribution >= 4 is 17.5 Å². The van der Waals surface area contributed by atoms with Gasteiger partial charge in [0.2, 0.25) is 0 Å². The number of hydrogen-bond acceptors (Lipinski definition) is 3. The van der Waals surface area contributed by atoms with E-state index in [4.69, 9.17) is 16.3 Å². The maximum absolute atomic E-state index is 11.8. The number of carbonyl (C=O) groups is 1. The van der Waals surface area contributed by atoms with E-state index in [0.717, 1.165) is 35.7 Å². The van der Waals surface area contributed by atoms with E-state index in [1.807, 2.05) is 49.7 Å². The highest BCUT2D eigenvalue weighted by atomic mass is 35.5. The molecule has 0 aliphatic heterocycles. The van der Waals surface area contributed by atoms with Crippen molar-refractivity contribution in [2.45, 2.75) is 33.7 Å². The lowest BCUT2D eigenvalue weighted by Crippen LogP contribution is -2.30. The number of para-hydroxylation sites is 1. The molecule has 0 bridgehead atoms. The zero-order valence-corrected chi connectivity index (χ0v) is 14.5. The van der Waals surface area contributed by atoms with Crippen molar-refractivity contribution < 1.29 is 9.53 Å². The Kier molecular flexibility index (Phi) is 6.04. The van der Waals surface area contributed by atoms with Crippen LogP contribution < -0.4 is 10.1 Å². The number of ether oxygens (including phenoxy) is 1. The molecule has 124 valence electrons. The van der Waals surface area contributed by atoms with E-state index < -0.39 is 0 Å². The molecule has 5 nitrogen and oxygen atoms in total. The summed E-state index contributed by atoms with van der Waals surface area (Å²) in [7, 11) is 0. The number of rotatable bonds is 7. The molecule has 0 fully saturated rings. The molecule has 0 aliphatic carbocycles. The van der Waals surface area contributed by atoms with Crippen molar-refractivity contribution in [2.75, 3.05) is 13.2 Å². The molecule has 1 N–H and O–H groups in total. The minimum atomic E-state index is -0.125. The highest BCUT2D eigenvalue weighted by Crippen LogP contribution is 2.19. The maximum atomic E-state index is 11.8. The summed E-state index contributed by atoms with van der Waals surface area (Å²) in [4.78, 5) is 11.8. The Labute approximate surface area is 141 Å². The third-order valence-electron chi connectivity index (χ3n) is 3.61. The first-order valence-corrected chi connectivity index (χ1v) is 8.01. The van der Waals surface area contributed by atoms with Crippen LogP contribution in [0.3, 0.4) is 0 Å². The molecule has 2 aromatic rings. The van der Waals surface area contributed by atoms with Gasteiger partial charge >= 0.3 is 0 Å². The fourth-order valence-electron chi connectivity index (χ4n) is 2.26. The second-order valence-corrected chi connectivity index (χ2v) is 5.84. The predicted octanol–water partition coefficient (Wildman–Crippen LogP) is 3.05. The summed E-state index contributed by atoms with van der Waals surface area (Å²) in [6, 6.07) is 7.63. The average Bonchev–Trinajstić information content (AvgIpc) is 2.78. The lowest BCUT2D eigenvalue weighted by Gasteiger charge is -2.09. The van der Waals surface area contributed by atoms with Crippen LogP contribution in [0.4, 0.5) is 0 Å². The molecule has 0 unspecified atom stereocenters. The number of amides is 1. The summed E-state index contributed by atoms with van der Waals surface area (Å²) in [6.07, 6.45) is 0.786. The topological polar surface area (TPSA) is 56.1 Å². The van der Waals surface area contributed by atoms with Gasteiger partial charge in [0, 0.05) is 13.1 Å². The molecule has 0 atom stereocenters. The molecule has 0 spiro atoms. The maximum Gasteiger partial charge on any atom is 0.257 e. The van der Waals surface area contributed by atoms with Crippen molar-refractivity contribution in [3.8, 4) is 5.75 Å². The number of benzene rings is 1. The van der Waals surface area contributed by atoms with E-state index >= 15 is 0 Å². The second kappa shape index (κ2) is 8.02. The van der Waals surface area contributed by atoms with Crippen LogP contribution >= 0.6 is 11.6 Å².